The van der Waals surface area contributed by atoms with Gasteiger partial charge in [0.05, 0.1) is 6.54 Å². The van der Waals surface area contributed by atoms with E-state index in [1.165, 1.54) is 12.2 Å². The number of rotatable bonds is 0. The van der Waals surface area contributed by atoms with Crippen LogP contribution in [0.4, 0.5) is 4.39 Å². The van der Waals surface area contributed by atoms with Crippen molar-refractivity contribution in [2.75, 3.05) is 6.54 Å². The second-order valence-electron chi connectivity index (χ2n) is 1.90. The fourth-order valence-electron chi connectivity index (χ4n) is 0.598. The van der Waals surface area contributed by atoms with Gasteiger partial charge >= 0.3 is 0 Å². The van der Waals surface area contributed by atoms with Crippen LogP contribution in [0.2, 0.25) is 0 Å². The van der Waals surface area contributed by atoms with Crippen LogP contribution in [0.5, 0.6) is 0 Å². The van der Waals surface area contributed by atoms with Crippen LogP contribution in [0, 0.1) is 0 Å². The Balaban J connectivity index is 2.75. The summed E-state index contributed by atoms with van der Waals surface area (Å²) in [5.41, 5.74) is 0.874. The van der Waals surface area contributed by atoms with Gasteiger partial charge < -0.3 is 0 Å². The minimum Gasteiger partial charge on any atom is -0.286 e. The van der Waals surface area contributed by atoms with Gasteiger partial charge in [0, 0.05) is 5.71 Å². The molecule has 1 rings (SSSR count). The molecule has 48 valence electrons. The van der Waals surface area contributed by atoms with Crippen LogP contribution in [0.1, 0.15) is 6.92 Å². The molecule has 0 aromatic carbocycles. The van der Waals surface area contributed by atoms with Crippen molar-refractivity contribution in [3.8, 4) is 0 Å². The maximum absolute atomic E-state index is 12.3. The molecule has 0 amide bonds. The number of nitrogens with zero attached hydrogens (tertiary/aromatic N) is 1. The number of halogens is 1. The van der Waals surface area contributed by atoms with Crippen LogP contribution in [0.25, 0.3) is 0 Å². The second kappa shape index (κ2) is 2.58. The van der Waals surface area contributed by atoms with Crippen molar-refractivity contribution >= 4 is 5.71 Å². The average Bonchev–Trinajstić information content (AvgIpc) is 1.97. The molecular formula is C7H8FN. The lowest BCUT2D eigenvalue weighted by Gasteiger charge is -1.82. The Morgan fingerprint density at radius 2 is 2.33 bits per heavy atom. The van der Waals surface area contributed by atoms with Crippen molar-refractivity contribution in [3.63, 3.8) is 0 Å². The maximum Gasteiger partial charge on any atom is 0.121 e. The fraction of sp³-hybridized carbons (Fsp3) is 0.286. The van der Waals surface area contributed by atoms with Gasteiger partial charge in [-0.25, -0.2) is 4.39 Å². The van der Waals surface area contributed by atoms with Gasteiger partial charge in [0.25, 0.3) is 0 Å². The summed E-state index contributed by atoms with van der Waals surface area (Å²) in [5, 5.41) is 0. The third-order valence-electron chi connectivity index (χ3n) is 1.11. The third kappa shape index (κ3) is 1.80. The first-order chi connectivity index (χ1) is 4.29. The SMILES string of the molecule is CC1=NCC=C(F)C=C1. The fourth-order valence-corrected chi connectivity index (χ4v) is 0.598. The van der Waals surface area contributed by atoms with Crippen molar-refractivity contribution < 1.29 is 4.39 Å². The molecule has 1 nitrogen and oxygen atoms in total. The van der Waals surface area contributed by atoms with Crippen LogP contribution < -0.4 is 0 Å². The smallest absolute Gasteiger partial charge is 0.121 e. The van der Waals surface area contributed by atoms with E-state index in [2.05, 4.69) is 4.99 Å². The van der Waals surface area contributed by atoms with Crippen LogP contribution in [-0.2, 0) is 0 Å². The van der Waals surface area contributed by atoms with Crippen LogP contribution in [-0.4, -0.2) is 12.3 Å². The van der Waals surface area contributed by atoms with Crippen LogP contribution in [0.15, 0.2) is 29.0 Å². The van der Waals surface area contributed by atoms with Crippen LogP contribution >= 0.6 is 0 Å². The third-order valence-corrected chi connectivity index (χ3v) is 1.11. The van der Waals surface area contributed by atoms with E-state index >= 15 is 0 Å². The van der Waals surface area contributed by atoms with Crippen molar-refractivity contribution in [3.05, 3.63) is 24.1 Å². The zero-order chi connectivity index (χ0) is 6.69. The van der Waals surface area contributed by atoms with Crippen molar-refractivity contribution in [1.29, 1.82) is 0 Å². The van der Waals surface area contributed by atoms with E-state index in [1.807, 2.05) is 6.92 Å². The molecule has 0 saturated carbocycles. The largest absolute Gasteiger partial charge is 0.286 e. The molecule has 0 aliphatic carbocycles. The number of hydrogen-bond donors (Lipinski definition) is 0. The second-order valence-corrected chi connectivity index (χ2v) is 1.90. The number of allylic oxidation sites excluding steroid dienone is 3. The first-order valence-corrected chi connectivity index (χ1v) is 2.84. The Hall–Kier alpha value is -0.920. The van der Waals surface area contributed by atoms with E-state index in [4.69, 9.17) is 0 Å². The average molecular weight is 125 g/mol. The lowest BCUT2D eigenvalue weighted by atomic mass is 10.3. The minimum absolute atomic E-state index is 0.199. The predicted octanol–water partition coefficient (Wildman–Crippen LogP) is 1.87. The summed E-state index contributed by atoms with van der Waals surface area (Å²) in [6.07, 6.45) is 4.54. The Morgan fingerprint density at radius 3 is 3.11 bits per heavy atom. The minimum atomic E-state index is -0.199. The molecule has 0 aromatic rings. The highest BCUT2D eigenvalue weighted by atomic mass is 19.1. The summed E-state index contributed by atoms with van der Waals surface area (Å²) >= 11 is 0. The Bertz CT molecular complexity index is 169. The standard InChI is InChI=1S/C7H8FN/c1-6-2-3-7(8)4-5-9-6/h2-4H,5H2,1H3. The summed E-state index contributed by atoms with van der Waals surface area (Å²) in [6.45, 7) is 2.31. The molecule has 0 atom stereocenters. The lowest BCUT2D eigenvalue weighted by molar-refractivity contribution is 0.664. The number of aliphatic imine (C=N–C) groups is 1. The molecule has 0 fully saturated rings. The summed E-state index contributed by atoms with van der Waals surface area (Å²) < 4.78 is 12.3. The molecule has 0 bridgehead atoms. The zero-order valence-corrected chi connectivity index (χ0v) is 5.26. The highest BCUT2D eigenvalue weighted by molar-refractivity contribution is 5.93. The van der Waals surface area contributed by atoms with E-state index in [0.717, 1.165) is 5.71 Å². The van der Waals surface area contributed by atoms with E-state index in [9.17, 15) is 4.39 Å². The number of hydrogen-bond acceptors (Lipinski definition) is 1. The summed E-state index contributed by atoms with van der Waals surface area (Å²) in [7, 11) is 0. The summed E-state index contributed by atoms with van der Waals surface area (Å²) in [4.78, 5) is 3.99. The molecule has 9 heavy (non-hydrogen) atoms. The molecule has 1 aliphatic rings. The van der Waals surface area contributed by atoms with Crippen molar-refractivity contribution in [2.45, 2.75) is 6.92 Å². The normalized spacial score (nSPS) is 18.4. The summed E-state index contributed by atoms with van der Waals surface area (Å²) in [6, 6.07) is 0. The quantitative estimate of drug-likeness (QED) is 0.468. The van der Waals surface area contributed by atoms with Crippen molar-refractivity contribution in [1.82, 2.24) is 0 Å². The van der Waals surface area contributed by atoms with E-state index in [-0.39, 0.29) is 5.83 Å². The molecule has 0 spiro atoms. The van der Waals surface area contributed by atoms with Gasteiger partial charge in [-0.1, -0.05) is 0 Å². The van der Waals surface area contributed by atoms with Gasteiger partial charge in [0.2, 0.25) is 0 Å². The Labute approximate surface area is 53.6 Å². The van der Waals surface area contributed by atoms with E-state index < -0.39 is 0 Å². The van der Waals surface area contributed by atoms with Gasteiger partial charge in [-0.3, -0.25) is 4.99 Å². The van der Waals surface area contributed by atoms with E-state index in [0.29, 0.717) is 6.54 Å². The van der Waals surface area contributed by atoms with Gasteiger partial charge in [-0.05, 0) is 25.2 Å². The van der Waals surface area contributed by atoms with Crippen LogP contribution in [0.3, 0.4) is 0 Å². The molecule has 2 heteroatoms. The summed E-state index contributed by atoms with van der Waals surface area (Å²) in [5.74, 6) is -0.199. The Morgan fingerprint density at radius 1 is 1.56 bits per heavy atom. The van der Waals surface area contributed by atoms with Crippen molar-refractivity contribution in [2.24, 2.45) is 4.99 Å². The van der Waals surface area contributed by atoms with Gasteiger partial charge in [0.15, 0.2) is 0 Å². The first-order valence-electron chi connectivity index (χ1n) is 2.84. The van der Waals surface area contributed by atoms with E-state index in [1.54, 1.807) is 6.08 Å². The molecule has 0 radical (unpaired) electrons. The topological polar surface area (TPSA) is 12.4 Å². The maximum atomic E-state index is 12.3. The molecular weight excluding hydrogens is 117 g/mol. The first kappa shape index (κ1) is 6.20. The molecule has 0 saturated heterocycles. The molecule has 0 N–H and O–H groups in total. The molecule has 1 heterocycles. The van der Waals surface area contributed by atoms with Gasteiger partial charge in [-0.15, -0.1) is 0 Å². The zero-order valence-electron chi connectivity index (χ0n) is 5.26. The molecule has 1 aliphatic heterocycles. The molecule has 0 aromatic heterocycles. The monoisotopic (exact) mass is 125 g/mol. The highest BCUT2D eigenvalue weighted by Crippen LogP contribution is 2.01. The van der Waals surface area contributed by atoms with Gasteiger partial charge in [-0.2, -0.15) is 0 Å². The highest BCUT2D eigenvalue weighted by Gasteiger charge is 1.91. The lowest BCUT2D eigenvalue weighted by Crippen LogP contribution is -1.82. The predicted molar refractivity (Wildman–Crippen MR) is 36.3 cm³/mol. The molecule has 0 unspecified atom stereocenters. The Kier molecular flexibility index (Phi) is 1.78. The van der Waals surface area contributed by atoms with Gasteiger partial charge in [0.1, 0.15) is 5.83 Å².